The quantitative estimate of drug-likeness (QED) is 0.652. The summed E-state index contributed by atoms with van der Waals surface area (Å²) in [6, 6.07) is 0. The lowest BCUT2D eigenvalue weighted by atomic mass is 10.3. The number of halogens is 2. The molecule has 1 N–H and O–H groups in total. The van der Waals surface area contributed by atoms with E-state index in [0.29, 0.717) is 6.54 Å². The smallest absolute Gasteiger partial charge is 0.272 e. The fourth-order valence-electron chi connectivity index (χ4n) is 1.16. The van der Waals surface area contributed by atoms with Gasteiger partial charge in [0.05, 0.1) is 13.1 Å². The van der Waals surface area contributed by atoms with Crippen molar-refractivity contribution in [3.8, 4) is 0 Å². The van der Waals surface area contributed by atoms with Gasteiger partial charge in [-0.3, -0.25) is 4.90 Å². The van der Waals surface area contributed by atoms with E-state index in [1.54, 1.807) is 11.9 Å². The summed E-state index contributed by atoms with van der Waals surface area (Å²) in [6.45, 7) is 0.999. The second kappa shape index (κ2) is 6.27. The van der Waals surface area contributed by atoms with Crippen molar-refractivity contribution < 1.29 is 8.78 Å². The predicted molar refractivity (Wildman–Crippen MR) is 54.9 cm³/mol. The molecule has 0 heterocycles. The summed E-state index contributed by atoms with van der Waals surface area (Å²) in [5.74, 6) is -2.64. The van der Waals surface area contributed by atoms with Crippen LogP contribution in [-0.4, -0.2) is 70.1 Å². The monoisotopic (exact) mass is 209 g/mol. The first kappa shape index (κ1) is 13.7. The lowest BCUT2D eigenvalue weighted by molar-refractivity contribution is -0.0240. The zero-order chi connectivity index (χ0) is 11.2. The molecule has 0 aliphatic rings. The van der Waals surface area contributed by atoms with Crippen LogP contribution < -0.4 is 5.32 Å². The highest BCUT2D eigenvalue weighted by Crippen LogP contribution is 2.12. The van der Waals surface area contributed by atoms with Crippen molar-refractivity contribution in [1.82, 2.24) is 15.1 Å². The maximum Gasteiger partial charge on any atom is 0.272 e. The van der Waals surface area contributed by atoms with E-state index in [-0.39, 0.29) is 13.1 Å². The number of nitrogens with one attached hydrogen (secondary N) is 1. The van der Waals surface area contributed by atoms with E-state index < -0.39 is 5.92 Å². The summed E-state index contributed by atoms with van der Waals surface area (Å²) < 4.78 is 26.2. The zero-order valence-corrected chi connectivity index (χ0v) is 9.48. The Kier molecular flexibility index (Phi) is 6.15. The largest absolute Gasteiger partial charge is 0.314 e. The normalized spacial score (nSPS) is 12.9. The molecule has 0 saturated heterocycles. The molecule has 0 atom stereocenters. The van der Waals surface area contributed by atoms with E-state index in [1.165, 1.54) is 7.05 Å². The summed E-state index contributed by atoms with van der Waals surface area (Å²) in [4.78, 5) is 3.63. The Morgan fingerprint density at radius 3 is 2.14 bits per heavy atom. The average Bonchev–Trinajstić information content (AvgIpc) is 1.99. The van der Waals surface area contributed by atoms with E-state index in [4.69, 9.17) is 0 Å². The number of rotatable bonds is 7. The molecule has 14 heavy (non-hydrogen) atoms. The van der Waals surface area contributed by atoms with Crippen molar-refractivity contribution in [1.29, 1.82) is 0 Å². The third kappa shape index (κ3) is 7.17. The van der Waals surface area contributed by atoms with Crippen LogP contribution in [0, 0.1) is 0 Å². The van der Waals surface area contributed by atoms with Crippen LogP contribution in [0.4, 0.5) is 8.78 Å². The van der Waals surface area contributed by atoms with E-state index in [9.17, 15) is 8.78 Å². The van der Waals surface area contributed by atoms with Gasteiger partial charge in [-0.2, -0.15) is 0 Å². The first-order valence-corrected chi connectivity index (χ1v) is 4.73. The molecule has 86 valence electrons. The minimum atomic E-state index is -2.64. The summed E-state index contributed by atoms with van der Waals surface area (Å²) >= 11 is 0. The fraction of sp³-hybridized carbons (Fsp3) is 1.00. The van der Waals surface area contributed by atoms with Crippen LogP contribution in [0.15, 0.2) is 0 Å². The number of hydrogen-bond acceptors (Lipinski definition) is 3. The fourth-order valence-corrected chi connectivity index (χ4v) is 1.16. The van der Waals surface area contributed by atoms with Gasteiger partial charge in [-0.1, -0.05) is 0 Å². The number of nitrogens with zero attached hydrogens (tertiary/aromatic N) is 2. The molecule has 5 heteroatoms. The van der Waals surface area contributed by atoms with Crippen molar-refractivity contribution in [2.45, 2.75) is 5.92 Å². The molecule has 0 aromatic heterocycles. The Bertz CT molecular complexity index is 151. The van der Waals surface area contributed by atoms with Crippen molar-refractivity contribution in [3.63, 3.8) is 0 Å². The molecule has 0 aliphatic carbocycles. The summed E-state index contributed by atoms with van der Waals surface area (Å²) in [6.07, 6.45) is 0. The highest BCUT2D eigenvalue weighted by molar-refractivity contribution is 4.72. The number of alkyl halides is 2. The highest BCUT2D eigenvalue weighted by atomic mass is 19.3. The van der Waals surface area contributed by atoms with Crippen molar-refractivity contribution in [2.75, 3.05) is 54.4 Å². The van der Waals surface area contributed by atoms with Gasteiger partial charge < -0.3 is 10.2 Å². The van der Waals surface area contributed by atoms with Crippen LogP contribution in [0.3, 0.4) is 0 Å². The lowest BCUT2D eigenvalue weighted by Crippen LogP contribution is -2.43. The SMILES string of the molecule is CNCC(F)(F)CN(C)CCN(C)C. The van der Waals surface area contributed by atoms with Crippen LogP contribution in [0.25, 0.3) is 0 Å². The standard InChI is InChI=1S/C9H21F2N3/c1-12-7-9(10,11)8-14(4)6-5-13(2)3/h12H,5-8H2,1-4H3. The van der Waals surface area contributed by atoms with Gasteiger partial charge >= 0.3 is 0 Å². The number of likely N-dealkylation sites (N-methyl/N-ethyl adjacent to an activating group) is 2. The van der Waals surface area contributed by atoms with Gasteiger partial charge in [0.15, 0.2) is 0 Å². The van der Waals surface area contributed by atoms with Crippen LogP contribution in [0.1, 0.15) is 0 Å². The Balaban J connectivity index is 3.74. The third-order valence-corrected chi connectivity index (χ3v) is 1.87. The van der Waals surface area contributed by atoms with E-state index >= 15 is 0 Å². The Morgan fingerprint density at radius 1 is 1.14 bits per heavy atom. The van der Waals surface area contributed by atoms with Gasteiger partial charge in [-0.25, -0.2) is 8.78 Å². The molecule has 0 fully saturated rings. The summed E-state index contributed by atoms with van der Waals surface area (Å²) in [7, 11) is 7.11. The maximum absolute atomic E-state index is 13.1. The van der Waals surface area contributed by atoms with Gasteiger partial charge in [0.25, 0.3) is 5.92 Å². The molecule has 3 nitrogen and oxygen atoms in total. The second-order valence-corrected chi connectivity index (χ2v) is 3.93. The van der Waals surface area contributed by atoms with Crippen LogP contribution in [0.5, 0.6) is 0 Å². The third-order valence-electron chi connectivity index (χ3n) is 1.87. The molecule has 0 saturated carbocycles. The van der Waals surface area contributed by atoms with Gasteiger partial charge in [-0.15, -0.1) is 0 Å². The Morgan fingerprint density at radius 2 is 1.71 bits per heavy atom. The second-order valence-electron chi connectivity index (χ2n) is 3.93. The van der Waals surface area contributed by atoms with Crippen molar-refractivity contribution in [2.24, 2.45) is 0 Å². The maximum atomic E-state index is 13.1. The Hall–Kier alpha value is -0.260. The van der Waals surface area contributed by atoms with Crippen LogP contribution in [0.2, 0.25) is 0 Å². The van der Waals surface area contributed by atoms with E-state index in [0.717, 1.165) is 6.54 Å². The molecule has 0 unspecified atom stereocenters. The average molecular weight is 209 g/mol. The molecule has 0 spiro atoms. The highest BCUT2D eigenvalue weighted by Gasteiger charge is 2.29. The van der Waals surface area contributed by atoms with Gasteiger partial charge in [-0.05, 0) is 28.2 Å². The van der Waals surface area contributed by atoms with Gasteiger partial charge in [0.1, 0.15) is 0 Å². The predicted octanol–water partition coefficient (Wildman–Crippen LogP) is 0.334. The molecular formula is C9H21F2N3. The molecule has 0 amide bonds. The Labute approximate surface area is 85.1 Å². The van der Waals surface area contributed by atoms with Gasteiger partial charge in [0, 0.05) is 13.1 Å². The van der Waals surface area contributed by atoms with Crippen molar-refractivity contribution in [3.05, 3.63) is 0 Å². The van der Waals surface area contributed by atoms with Crippen LogP contribution in [-0.2, 0) is 0 Å². The zero-order valence-electron chi connectivity index (χ0n) is 9.48. The molecule has 0 aromatic rings. The molecule has 0 radical (unpaired) electrons. The van der Waals surface area contributed by atoms with E-state index in [1.807, 2.05) is 19.0 Å². The van der Waals surface area contributed by atoms with Crippen LogP contribution >= 0.6 is 0 Å². The minimum absolute atomic E-state index is 0.193. The molecular weight excluding hydrogens is 188 g/mol. The molecule has 0 aromatic carbocycles. The minimum Gasteiger partial charge on any atom is -0.314 e. The van der Waals surface area contributed by atoms with Crippen molar-refractivity contribution >= 4 is 0 Å². The summed E-state index contributed by atoms with van der Waals surface area (Å²) in [5.41, 5.74) is 0. The summed E-state index contributed by atoms with van der Waals surface area (Å²) in [5, 5.41) is 2.49. The van der Waals surface area contributed by atoms with E-state index in [2.05, 4.69) is 5.32 Å². The lowest BCUT2D eigenvalue weighted by Gasteiger charge is -2.24. The number of hydrogen-bond donors (Lipinski definition) is 1. The molecule has 0 bridgehead atoms. The van der Waals surface area contributed by atoms with Gasteiger partial charge in [0.2, 0.25) is 0 Å². The first-order valence-electron chi connectivity index (χ1n) is 4.73. The molecule has 0 aliphatic heterocycles. The molecule has 0 rings (SSSR count). The first-order chi connectivity index (χ1) is 6.37. The topological polar surface area (TPSA) is 18.5 Å².